The molecule has 0 atom stereocenters. The first-order valence-corrected chi connectivity index (χ1v) is 7.77. The molecule has 3 rings (SSSR count). The average Bonchev–Trinajstić information content (AvgIpc) is 3.01. The number of rotatable bonds is 3. The molecule has 1 aliphatic heterocycles. The van der Waals surface area contributed by atoms with E-state index in [1.165, 1.54) is 0 Å². The first kappa shape index (κ1) is 15.5. The van der Waals surface area contributed by atoms with Crippen molar-refractivity contribution in [3.8, 4) is 0 Å². The number of hydrogen-bond acceptors (Lipinski definition) is 6. The van der Waals surface area contributed by atoms with E-state index >= 15 is 0 Å². The zero-order valence-corrected chi connectivity index (χ0v) is 13.7. The number of anilines is 1. The molecule has 0 aromatic carbocycles. The maximum Gasteiger partial charge on any atom is 0.257 e. The van der Waals surface area contributed by atoms with Gasteiger partial charge in [0.05, 0.1) is 11.3 Å². The Bertz CT molecular complexity index is 689. The maximum absolute atomic E-state index is 12.8. The molecule has 7 heteroatoms. The number of nitrogens with zero attached hydrogens (tertiary/aromatic N) is 5. The summed E-state index contributed by atoms with van der Waals surface area (Å²) >= 11 is 0. The largest absolute Gasteiger partial charge is 0.377 e. The zero-order chi connectivity index (χ0) is 16.4. The van der Waals surface area contributed by atoms with Gasteiger partial charge in [0.2, 0.25) is 5.89 Å². The molecular formula is C16H21N5O2. The van der Waals surface area contributed by atoms with Gasteiger partial charge in [-0.3, -0.25) is 9.78 Å². The Morgan fingerprint density at radius 1 is 1.35 bits per heavy atom. The van der Waals surface area contributed by atoms with Crippen LogP contribution in [-0.4, -0.2) is 53.1 Å². The Hall–Kier alpha value is -2.44. The molecule has 0 saturated carbocycles. The van der Waals surface area contributed by atoms with Crippen LogP contribution in [0.25, 0.3) is 0 Å². The molecule has 23 heavy (non-hydrogen) atoms. The molecule has 2 aromatic heterocycles. The van der Waals surface area contributed by atoms with Crippen molar-refractivity contribution >= 4 is 11.6 Å². The standard InChI is InChI=1S/C16H21N5O2/c1-11-18-15(23-19-11)12-5-8-21(9-6-12)16(22)13-10-17-7-4-14(13)20(2)3/h4,7,10,12H,5-6,8-9H2,1-3H3. The lowest BCUT2D eigenvalue weighted by molar-refractivity contribution is 0.0705. The van der Waals surface area contributed by atoms with Gasteiger partial charge in [0.25, 0.3) is 5.91 Å². The number of carbonyl (C=O) groups excluding carboxylic acids is 1. The van der Waals surface area contributed by atoms with E-state index in [1.54, 1.807) is 12.4 Å². The molecule has 3 heterocycles. The van der Waals surface area contributed by atoms with Crippen LogP contribution in [0.2, 0.25) is 0 Å². The number of amides is 1. The fourth-order valence-electron chi connectivity index (χ4n) is 2.92. The van der Waals surface area contributed by atoms with Gasteiger partial charge in [-0.1, -0.05) is 5.16 Å². The molecular weight excluding hydrogens is 294 g/mol. The van der Waals surface area contributed by atoms with Crippen molar-refractivity contribution in [1.82, 2.24) is 20.0 Å². The summed E-state index contributed by atoms with van der Waals surface area (Å²) in [4.78, 5) is 25.0. The molecule has 1 saturated heterocycles. The number of likely N-dealkylation sites (tertiary alicyclic amines) is 1. The van der Waals surface area contributed by atoms with E-state index in [1.807, 2.05) is 36.9 Å². The summed E-state index contributed by atoms with van der Waals surface area (Å²) in [5, 5.41) is 3.84. The minimum absolute atomic E-state index is 0.0296. The number of hydrogen-bond donors (Lipinski definition) is 0. The molecule has 0 bridgehead atoms. The summed E-state index contributed by atoms with van der Waals surface area (Å²) < 4.78 is 5.25. The minimum Gasteiger partial charge on any atom is -0.377 e. The Morgan fingerprint density at radius 3 is 2.70 bits per heavy atom. The normalized spacial score (nSPS) is 15.7. The molecule has 0 spiro atoms. The fourth-order valence-corrected chi connectivity index (χ4v) is 2.92. The van der Waals surface area contributed by atoms with Gasteiger partial charge in [-0.15, -0.1) is 0 Å². The summed E-state index contributed by atoms with van der Waals surface area (Å²) in [5.74, 6) is 1.61. The monoisotopic (exact) mass is 315 g/mol. The van der Waals surface area contributed by atoms with Gasteiger partial charge in [-0.2, -0.15) is 4.98 Å². The van der Waals surface area contributed by atoms with Gasteiger partial charge in [-0.25, -0.2) is 0 Å². The van der Waals surface area contributed by atoms with E-state index in [0.29, 0.717) is 30.4 Å². The van der Waals surface area contributed by atoms with Crippen LogP contribution in [0.3, 0.4) is 0 Å². The van der Waals surface area contributed by atoms with E-state index in [2.05, 4.69) is 15.1 Å². The van der Waals surface area contributed by atoms with Crippen molar-refractivity contribution in [3.05, 3.63) is 35.7 Å². The van der Waals surface area contributed by atoms with Crippen LogP contribution in [0.5, 0.6) is 0 Å². The fraction of sp³-hybridized carbons (Fsp3) is 0.500. The van der Waals surface area contributed by atoms with Crippen molar-refractivity contribution in [2.75, 3.05) is 32.1 Å². The minimum atomic E-state index is 0.0296. The number of carbonyl (C=O) groups is 1. The van der Waals surface area contributed by atoms with Gasteiger partial charge < -0.3 is 14.3 Å². The van der Waals surface area contributed by atoms with Crippen molar-refractivity contribution in [1.29, 1.82) is 0 Å². The van der Waals surface area contributed by atoms with Gasteiger partial charge in [0, 0.05) is 45.5 Å². The Kier molecular flexibility index (Phi) is 4.27. The predicted molar refractivity (Wildman–Crippen MR) is 85.5 cm³/mol. The first-order chi connectivity index (χ1) is 11.1. The first-order valence-electron chi connectivity index (χ1n) is 7.77. The van der Waals surface area contributed by atoms with Crippen LogP contribution in [0.1, 0.15) is 40.8 Å². The molecule has 0 N–H and O–H groups in total. The average molecular weight is 315 g/mol. The Morgan fingerprint density at radius 2 is 2.09 bits per heavy atom. The molecule has 1 fully saturated rings. The third-order valence-corrected chi connectivity index (χ3v) is 4.18. The molecule has 1 amide bonds. The van der Waals surface area contributed by atoms with E-state index in [4.69, 9.17) is 4.52 Å². The van der Waals surface area contributed by atoms with E-state index in [-0.39, 0.29) is 11.8 Å². The van der Waals surface area contributed by atoms with Crippen LogP contribution in [0, 0.1) is 6.92 Å². The van der Waals surface area contributed by atoms with E-state index < -0.39 is 0 Å². The smallest absolute Gasteiger partial charge is 0.257 e. The van der Waals surface area contributed by atoms with Crippen LogP contribution in [0.4, 0.5) is 5.69 Å². The quantitative estimate of drug-likeness (QED) is 0.860. The summed E-state index contributed by atoms with van der Waals surface area (Å²) in [5.41, 5.74) is 1.53. The SMILES string of the molecule is Cc1noc(C2CCN(C(=O)c3cnccc3N(C)C)CC2)n1. The van der Waals surface area contributed by atoms with Crippen molar-refractivity contribution < 1.29 is 9.32 Å². The highest BCUT2D eigenvalue weighted by Gasteiger charge is 2.28. The van der Waals surface area contributed by atoms with Gasteiger partial charge >= 0.3 is 0 Å². The molecule has 1 aliphatic rings. The molecule has 122 valence electrons. The summed E-state index contributed by atoms with van der Waals surface area (Å²) in [6.45, 7) is 3.19. The molecule has 0 aliphatic carbocycles. The number of aromatic nitrogens is 3. The van der Waals surface area contributed by atoms with Crippen LogP contribution in [-0.2, 0) is 0 Å². The lowest BCUT2D eigenvalue weighted by Gasteiger charge is -2.31. The Labute approximate surface area is 135 Å². The van der Waals surface area contributed by atoms with Crippen LogP contribution < -0.4 is 4.90 Å². The third kappa shape index (κ3) is 3.18. The second-order valence-corrected chi connectivity index (χ2v) is 6.03. The van der Waals surface area contributed by atoms with Gasteiger partial charge in [0.15, 0.2) is 5.82 Å². The second kappa shape index (κ2) is 6.36. The van der Waals surface area contributed by atoms with Crippen molar-refractivity contribution in [2.45, 2.75) is 25.7 Å². The third-order valence-electron chi connectivity index (χ3n) is 4.18. The van der Waals surface area contributed by atoms with Crippen LogP contribution >= 0.6 is 0 Å². The number of pyridine rings is 1. The highest BCUT2D eigenvalue weighted by atomic mass is 16.5. The predicted octanol–water partition coefficient (Wildman–Crippen LogP) is 1.86. The molecule has 0 radical (unpaired) electrons. The molecule has 2 aromatic rings. The number of piperidine rings is 1. The highest BCUT2D eigenvalue weighted by Crippen LogP contribution is 2.28. The lowest BCUT2D eigenvalue weighted by Crippen LogP contribution is -2.38. The van der Waals surface area contributed by atoms with E-state index in [0.717, 1.165) is 18.5 Å². The number of aryl methyl sites for hydroxylation is 1. The van der Waals surface area contributed by atoms with Gasteiger partial charge in [0.1, 0.15) is 0 Å². The summed E-state index contributed by atoms with van der Waals surface area (Å²) in [6, 6.07) is 1.86. The molecule has 7 nitrogen and oxygen atoms in total. The van der Waals surface area contributed by atoms with Crippen molar-refractivity contribution in [2.24, 2.45) is 0 Å². The summed E-state index contributed by atoms with van der Waals surface area (Å²) in [6.07, 6.45) is 5.03. The maximum atomic E-state index is 12.8. The van der Waals surface area contributed by atoms with Crippen molar-refractivity contribution in [3.63, 3.8) is 0 Å². The van der Waals surface area contributed by atoms with E-state index in [9.17, 15) is 4.79 Å². The van der Waals surface area contributed by atoms with Gasteiger partial charge in [-0.05, 0) is 25.8 Å². The lowest BCUT2D eigenvalue weighted by atomic mass is 9.96. The van der Waals surface area contributed by atoms with Crippen LogP contribution in [0.15, 0.2) is 23.0 Å². The highest BCUT2D eigenvalue weighted by molar-refractivity contribution is 5.99. The zero-order valence-electron chi connectivity index (χ0n) is 13.7. The second-order valence-electron chi connectivity index (χ2n) is 6.03. The topological polar surface area (TPSA) is 75.4 Å². The molecule has 0 unspecified atom stereocenters. The Balaban J connectivity index is 1.69. The summed E-state index contributed by atoms with van der Waals surface area (Å²) in [7, 11) is 3.85.